The molecule has 1 aliphatic heterocycles. The van der Waals surface area contributed by atoms with Gasteiger partial charge in [0.2, 0.25) is 5.89 Å². The largest absolute Gasteiger partial charge is 0.497 e. The Labute approximate surface area is 117 Å². The molecule has 0 atom stereocenters. The lowest BCUT2D eigenvalue weighted by Crippen LogP contribution is -2.30. The van der Waals surface area contributed by atoms with Crippen LogP contribution in [0.15, 0.2) is 22.7 Å². The highest BCUT2D eigenvalue weighted by atomic mass is 16.5. The van der Waals surface area contributed by atoms with Gasteiger partial charge in [0.05, 0.1) is 20.2 Å². The molecule has 0 radical (unpaired) electrons. The lowest BCUT2D eigenvalue weighted by molar-refractivity contribution is 0.235. The summed E-state index contributed by atoms with van der Waals surface area (Å²) >= 11 is 0. The van der Waals surface area contributed by atoms with Crippen LogP contribution in [0, 0.1) is 0 Å². The van der Waals surface area contributed by atoms with Crippen LogP contribution in [0.3, 0.4) is 0 Å². The van der Waals surface area contributed by atoms with Crippen LogP contribution in [-0.4, -0.2) is 28.7 Å². The van der Waals surface area contributed by atoms with Gasteiger partial charge in [0.1, 0.15) is 5.75 Å². The van der Waals surface area contributed by atoms with Crippen molar-refractivity contribution in [3.05, 3.63) is 41.0 Å². The first-order valence-electron chi connectivity index (χ1n) is 6.68. The second-order valence-corrected chi connectivity index (χ2v) is 4.90. The van der Waals surface area contributed by atoms with Gasteiger partial charge in [-0.2, -0.15) is 4.98 Å². The summed E-state index contributed by atoms with van der Waals surface area (Å²) in [7, 11) is 1.69. The van der Waals surface area contributed by atoms with Gasteiger partial charge in [0.25, 0.3) is 0 Å². The number of rotatable bonds is 4. The summed E-state index contributed by atoms with van der Waals surface area (Å²) in [5.41, 5.74) is 8.16. The van der Waals surface area contributed by atoms with Crippen LogP contribution in [0.2, 0.25) is 0 Å². The molecular formula is C14H18N4O2. The van der Waals surface area contributed by atoms with E-state index in [1.807, 2.05) is 6.07 Å². The average molecular weight is 274 g/mol. The number of methoxy groups -OCH3 is 1. The molecule has 0 saturated carbocycles. The Morgan fingerprint density at radius 2 is 2.30 bits per heavy atom. The number of hydrogen-bond acceptors (Lipinski definition) is 6. The molecule has 6 nitrogen and oxygen atoms in total. The quantitative estimate of drug-likeness (QED) is 0.899. The Morgan fingerprint density at radius 1 is 1.40 bits per heavy atom. The molecule has 2 N–H and O–H groups in total. The number of ether oxygens (including phenoxy) is 1. The Kier molecular flexibility index (Phi) is 3.66. The number of nitrogens with zero attached hydrogens (tertiary/aromatic N) is 3. The van der Waals surface area contributed by atoms with E-state index in [0.717, 1.165) is 25.3 Å². The van der Waals surface area contributed by atoms with Crippen molar-refractivity contribution in [2.24, 2.45) is 5.73 Å². The highest BCUT2D eigenvalue weighted by Gasteiger charge is 2.18. The fourth-order valence-corrected chi connectivity index (χ4v) is 2.49. The summed E-state index contributed by atoms with van der Waals surface area (Å²) in [5.74, 6) is 2.08. The van der Waals surface area contributed by atoms with E-state index < -0.39 is 0 Å². The molecule has 1 aromatic heterocycles. The summed E-state index contributed by atoms with van der Waals surface area (Å²) in [6.45, 7) is 2.83. The predicted molar refractivity (Wildman–Crippen MR) is 73.0 cm³/mol. The van der Waals surface area contributed by atoms with Crippen LogP contribution >= 0.6 is 0 Å². The fourth-order valence-electron chi connectivity index (χ4n) is 2.49. The van der Waals surface area contributed by atoms with Crippen molar-refractivity contribution in [2.75, 3.05) is 13.7 Å². The Hall–Kier alpha value is -1.92. The Balaban J connectivity index is 1.71. The van der Waals surface area contributed by atoms with Crippen LogP contribution in [-0.2, 0) is 26.1 Å². The highest BCUT2D eigenvalue weighted by molar-refractivity contribution is 5.37. The summed E-state index contributed by atoms with van der Waals surface area (Å²) < 4.78 is 10.3. The Bertz CT molecular complexity index is 597. The molecule has 1 aliphatic rings. The maximum atomic E-state index is 5.47. The Morgan fingerprint density at radius 3 is 3.05 bits per heavy atom. The van der Waals surface area contributed by atoms with Crippen molar-refractivity contribution in [1.29, 1.82) is 0 Å². The van der Waals surface area contributed by atoms with Gasteiger partial charge in [-0.05, 0) is 29.7 Å². The van der Waals surface area contributed by atoms with E-state index in [4.69, 9.17) is 15.0 Å². The molecule has 0 spiro atoms. The molecule has 0 aliphatic carbocycles. The summed E-state index contributed by atoms with van der Waals surface area (Å²) in [4.78, 5) is 6.54. The number of fused-ring (bicyclic) bond motifs is 1. The van der Waals surface area contributed by atoms with Crippen molar-refractivity contribution < 1.29 is 9.26 Å². The molecular weight excluding hydrogens is 256 g/mol. The molecule has 2 heterocycles. The van der Waals surface area contributed by atoms with Gasteiger partial charge in [0, 0.05) is 13.1 Å². The second-order valence-electron chi connectivity index (χ2n) is 4.90. The number of benzene rings is 1. The lowest BCUT2D eigenvalue weighted by atomic mass is 9.99. The molecule has 0 amide bonds. The fraction of sp³-hybridized carbons (Fsp3) is 0.429. The predicted octanol–water partition coefficient (Wildman–Crippen LogP) is 1.10. The molecule has 6 heteroatoms. The SMILES string of the molecule is COc1ccc2c(c1)CN(Cc1noc(CN)n1)CC2. The molecule has 0 fully saturated rings. The first-order valence-corrected chi connectivity index (χ1v) is 6.68. The van der Waals surface area contributed by atoms with Crippen LogP contribution in [0.5, 0.6) is 5.75 Å². The van der Waals surface area contributed by atoms with Crippen molar-refractivity contribution in [3.8, 4) is 5.75 Å². The zero-order valence-corrected chi connectivity index (χ0v) is 11.5. The van der Waals surface area contributed by atoms with Gasteiger partial charge in [-0.15, -0.1) is 0 Å². The summed E-state index contributed by atoms with van der Waals surface area (Å²) in [6, 6.07) is 6.26. The molecule has 1 aromatic carbocycles. The van der Waals surface area contributed by atoms with Crippen molar-refractivity contribution in [3.63, 3.8) is 0 Å². The third-order valence-electron chi connectivity index (χ3n) is 3.55. The van der Waals surface area contributed by atoms with Gasteiger partial charge < -0.3 is 15.0 Å². The third-order valence-corrected chi connectivity index (χ3v) is 3.55. The van der Waals surface area contributed by atoms with E-state index in [-0.39, 0.29) is 6.54 Å². The van der Waals surface area contributed by atoms with Crippen molar-refractivity contribution in [1.82, 2.24) is 15.0 Å². The van der Waals surface area contributed by atoms with Gasteiger partial charge in [0.15, 0.2) is 5.82 Å². The van der Waals surface area contributed by atoms with Crippen LogP contribution in [0.1, 0.15) is 22.8 Å². The van der Waals surface area contributed by atoms with E-state index in [2.05, 4.69) is 27.2 Å². The van der Waals surface area contributed by atoms with E-state index >= 15 is 0 Å². The minimum atomic E-state index is 0.285. The molecule has 0 unspecified atom stereocenters. The van der Waals surface area contributed by atoms with E-state index in [1.165, 1.54) is 11.1 Å². The van der Waals surface area contributed by atoms with Gasteiger partial charge in [-0.3, -0.25) is 4.90 Å². The molecule has 0 saturated heterocycles. The molecule has 3 rings (SSSR count). The van der Waals surface area contributed by atoms with E-state index in [1.54, 1.807) is 7.11 Å². The highest BCUT2D eigenvalue weighted by Crippen LogP contribution is 2.24. The molecule has 2 aromatic rings. The minimum absolute atomic E-state index is 0.285. The zero-order chi connectivity index (χ0) is 13.9. The minimum Gasteiger partial charge on any atom is -0.497 e. The average Bonchev–Trinajstić information content (AvgIpc) is 2.94. The first kappa shape index (κ1) is 13.1. The summed E-state index contributed by atoms with van der Waals surface area (Å²) in [6.07, 6.45) is 1.03. The zero-order valence-electron chi connectivity index (χ0n) is 11.5. The second kappa shape index (κ2) is 5.60. The normalized spacial score (nSPS) is 15.1. The topological polar surface area (TPSA) is 77.4 Å². The number of nitrogens with two attached hydrogens (primary N) is 1. The van der Waals surface area contributed by atoms with Crippen LogP contribution < -0.4 is 10.5 Å². The number of aromatic nitrogens is 2. The molecule has 20 heavy (non-hydrogen) atoms. The third kappa shape index (κ3) is 2.66. The monoisotopic (exact) mass is 274 g/mol. The van der Waals surface area contributed by atoms with Crippen LogP contribution in [0.4, 0.5) is 0 Å². The van der Waals surface area contributed by atoms with Crippen molar-refractivity contribution >= 4 is 0 Å². The molecule has 106 valence electrons. The smallest absolute Gasteiger partial charge is 0.240 e. The van der Waals surface area contributed by atoms with Gasteiger partial charge in [-0.25, -0.2) is 0 Å². The van der Waals surface area contributed by atoms with E-state index in [9.17, 15) is 0 Å². The van der Waals surface area contributed by atoms with Crippen molar-refractivity contribution in [2.45, 2.75) is 26.1 Å². The van der Waals surface area contributed by atoms with Gasteiger partial charge in [-0.1, -0.05) is 11.2 Å². The van der Waals surface area contributed by atoms with E-state index in [0.29, 0.717) is 18.3 Å². The van der Waals surface area contributed by atoms with Crippen LogP contribution in [0.25, 0.3) is 0 Å². The summed E-state index contributed by atoms with van der Waals surface area (Å²) in [5, 5.41) is 3.94. The standard InChI is InChI=1S/C14H18N4O2/c1-19-12-3-2-10-4-5-18(8-11(10)6-12)9-13-16-14(7-15)20-17-13/h2-3,6H,4-5,7-9,15H2,1H3. The number of hydrogen-bond donors (Lipinski definition) is 1. The maximum absolute atomic E-state index is 5.47. The maximum Gasteiger partial charge on any atom is 0.240 e. The lowest BCUT2D eigenvalue weighted by Gasteiger charge is -2.27. The molecule has 0 bridgehead atoms. The first-order chi connectivity index (χ1) is 9.78. The van der Waals surface area contributed by atoms with Gasteiger partial charge >= 0.3 is 0 Å².